The maximum absolute atomic E-state index is 5.91. The zero-order valence-corrected chi connectivity index (χ0v) is 14.4. The van der Waals surface area contributed by atoms with Gasteiger partial charge in [0, 0.05) is 12.8 Å². The number of quaternary nitrogens is 2. The second kappa shape index (κ2) is 6.97. The number of hydrogen-bond acceptors (Lipinski definition) is 1. The molecule has 0 aromatic carbocycles. The van der Waals surface area contributed by atoms with Crippen LogP contribution in [0.2, 0.25) is 0 Å². The van der Waals surface area contributed by atoms with Gasteiger partial charge in [0.1, 0.15) is 25.3 Å². The first-order valence-corrected chi connectivity index (χ1v) is 9.46. The van der Waals surface area contributed by atoms with Crippen LogP contribution in [-0.4, -0.2) is 50.5 Å². The van der Waals surface area contributed by atoms with Crippen molar-refractivity contribution in [3.63, 3.8) is 0 Å². The number of piperidine rings is 1. The SMILES string of the molecule is CC1CCC([NH+]2CCC([NH+]3C[C@H](C)O[C@@H](C)C3)CC2)CC1. The van der Waals surface area contributed by atoms with E-state index in [0.29, 0.717) is 12.2 Å². The van der Waals surface area contributed by atoms with Crippen molar-refractivity contribution in [1.29, 1.82) is 0 Å². The van der Waals surface area contributed by atoms with E-state index >= 15 is 0 Å². The maximum atomic E-state index is 5.91. The Balaban J connectivity index is 1.46. The largest absolute Gasteiger partial charge is 0.364 e. The average Bonchev–Trinajstić information content (AvgIpc) is 2.47. The molecule has 122 valence electrons. The molecular weight excluding hydrogens is 260 g/mol. The lowest BCUT2D eigenvalue weighted by Crippen LogP contribution is -3.23. The molecule has 0 amide bonds. The number of nitrogens with one attached hydrogen (secondary N) is 2. The Bertz CT molecular complexity index is 309. The van der Waals surface area contributed by atoms with E-state index in [1.807, 2.05) is 9.80 Å². The van der Waals surface area contributed by atoms with Crippen molar-refractivity contribution in [1.82, 2.24) is 0 Å². The van der Waals surface area contributed by atoms with Crippen LogP contribution in [-0.2, 0) is 4.74 Å². The second-order valence-electron chi connectivity index (χ2n) is 8.21. The van der Waals surface area contributed by atoms with Gasteiger partial charge < -0.3 is 14.5 Å². The van der Waals surface area contributed by atoms with Crippen LogP contribution in [0, 0.1) is 5.92 Å². The molecule has 2 atom stereocenters. The van der Waals surface area contributed by atoms with E-state index in [9.17, 15) is 0 Å². The van der Waals surface area contributed by atoms with Gasteiger partial charge in [-0.3, -0.25) is 0 Å². The van der Waals surface area contributed by atoms with Crippen LogP contribution in [0.15, 0.2) is 0 Å². The topological polar surface area (TPSA) is 18.1 Å². The highest BCUT2D eigenvalue weighted by Gasteiger charge is 2.37. The summed E-state index contributed by atoms with van der Waals surface area (Å²) in [5.41, 5.74) is 0. The van der Waals surface area contributed by atoms with Gasteiger partial charge in [-0.25, -0.2) is 0 Å². The summed E-state index contributed by atoms with van der Waals surface area (Å²) >= 11 is 0. The van der Waals surface area contributed by atoms with Crippen molar-refractivity contribution in [3.05, 3.63) is 0 Å². The van der Waals surface area contributed by atoms with E-state index in [-0.39, 0.29) is 0 Å². The van der Waals surface area contributed by atoms with Gasteiger partial charge in [-0.05, 0) is 45.4 Å². The number of morpholine rings is 1. The summed E-state index contributed by atoms with van der Waals surface area (Å²) in [6.07, 6.45) is 9.71. The van der Waals surface area contributed by atoms with Crippen LogP contribution in [0.25, 0.3) is 0 Å². The molecule has 3 fully saturated rings. The monoisotopic (exact) mass is 296 g/mol. The second-order valence-corrected chi connectivity index (χ2v) is 8.21. The molecule has 0 unspecified atom stereocenters. The first-order valence-electron chi connectivity index (χ1n) is 9.46. The van der Waals surface area contributed by atoms with Gasteiger partial charge >= 0.3 is 0 Å². The molecule has 2 saturated heterocycles. The van der Waals surface area contributed by atoms with Crippen molar-refractivity contribution in [2.75, 3.05) is 26.2 Å². The number of ether oxygens (including phenoxy) is 1. The predicted molar refractivity (Wildman–Crippen MR) is 85.8 cm³/mol. The van der Waals surface area contributed by atoms with Crippen LogP contribution in [0.3, 0.4) is 0 Å². The fourth-order valence-corrected chi connectivity index (χ4v) is 5.12. The zero-order chi connectivity index (χ0) is 14.8. The summed E-state index contributed by atoms with van der Waals surface area (Å²) in [5.74, 6) is 0.985. The quantitative estimate of drug-likeness (QED) is 0.750. The molecule has 0 aromatic rings. The van der Waals surface area contributed by atoms with Gasteiger partial charge in [0.05, 0.1) is 25.2 Å². The summed E-state index contributed by atoms with van der Waals surface area (Å²) in [6, 6.07) is 1.89. The standard InChI is InChI=1S/C18H34N2O/c1-14-4-6-17(7-5-14)19-10-8-18(9-11-19)20-12-15(2)21-16(3)13-20/h14-18H,4-13H2,1-3H3/p+2/t14?,15-,16-,17?/m0/s1. The molecule has 21 heavy (non-hydrogen) atoms. The predicted octanol–water partition coefficient (Wildman–Crippen LogP) is 0.305. The fourth-order valence-electron chi connectivity index (χ4n) is 5.12. The molecule has 3 nitrogen and oxygen atoms in total. The molecular formula is C18H36N2O+2. The Morgan fingerprint density at radius 2 is 1.19 bits per heavy atom. The lowest BCUT2D eigenvalue weighted by Gasteiger charge is -2.42. The van der Waals surface area contributed by atoms with Crippen LogP contribution in [0.5, 0.6) is 0 Å². The van der Waals surface area contributed by atoms with E-state index in [4.69, 9.17) is 4.74 Å². The first-order chi connectivity index (χ1) is 10.1. The zero-order valence-electron chi connectivity index (χ0n) is 14.4. The molecule has 3 rings (SSSR count). The average molecular weight is 296 g/mol. The van der Waals surface area contributed by atoms with E-state index in [1.165, 1.54) is 64.7 Å². The highest BCUT2D eigenvalue weighted by molar-refractivity contribution is 4.72. The molecule has 0 aromatic heterocycles. The van der Waals surface area contributed by atoms with Gasteiger partial charge in [-0.2, -0.15) is 0 Å². The van der Waals surface area contributed by atoms with Crippen LogP contribution < -0.4 is 9.80 Å². The fraction of sp³-hybridized carbons (Fsp3) is 1.00. The number of likely N-dealkylation sites (tertiary alicyclic amines) is 1. The minimum atomic E-state index is 0.453. The molecule has 0 spiro atoms. The molecule has 1 saturated carbocycles. The third-order valence-corrected chi connectivity index (χ3v) is 6.36. The first kappa shape index (κ1) is 15.8. The van der Waals surface area contributed by atoms with Crippen molar-refractivity contribution in [2.24, 2.45) is 5.92 Å². The Morgan fingerprint density at radius 3 is 1.76 bits per heavy atom. The molecule has 0 bridgehead atoms. The Kier molecular flexibility index (Phi) is 5.23. The molecule has 2 heterocycles. The van der Waals surface area contributed by atoms with Gasteiger partial charge in [0.2, 0.25) is 0 Å². The van der Waals surface area contributed by atoms with Crippen molar-refractivity contribution >= 4 is 0 Å². The van der Waals surface area contributed by atoms with Crippen LogP contribution >= 0.6 is 0 Å². The van der Waals surface area contributed by atoms with Gasteiger partial charge in [0.25, 0.3) is 0 Å². The highest BCUT2D eigenvalue weighted by Crippen LogP contribution is 2.22. The van der Waals surface area contributed by atoms with Crippen molar-refractivity contribution < 1.29 is 14.5 Å². The summed E-state index contributed by atoms with van der Waals surface area (Å²) in [7, 11) is 0. The van der Waals surface area contributed by atoms with Crippen molar-refractivity contribution in [2.45, 2.75) is 83.6 Å². The van der Waals surface area contributed by atoms with Gasteiger partial charge in [-0.15, -0.1) is 0 Å². The Hall–Kier alpha value is -0.120. The smallest absolute Gasteiger partial charge is 0.104 e. The Labute approximate surface area is 131 Å². The molecule has 2 N–H and O–H groups in total. The van der Waals surface area contributed by atoms with E-state index < -0.39 is 0 Å². The molecule has 3 aliphatic rings. The van der Waals surface area contributed by atoms with E-state index in [2.05, 4.69) is 20.8 Å². The molecule has 3 heteroatoms. The van der Waals surface area contributed by atoms with Gasteiger partial charge in [-0.1, -0.05) is 6.92 Å². The van der Waals surface area contributed by atoms with Crippen molar-refractivity contribution in [3.8, 4) is 0 Å². The summed E-state index contributed by atoms with van der Waals surface area (Å²) in [4.78, 5) is 3.77. The molecule has 1 aliphatic carbocycles. The van der Waals surface area contributed by atoms with E-state index in [0.717, 1.165) is 18.0 Å². The summed E-state index contributed by atoms with van der Waals surface area (Å²) in [5, 5.41) is 0. The third-order valence-electron chi connectivity index (χ3n) is 6.36. The van der Waals surface area contributed by atoms with E-state index in [1.54, 1.807) is 0 Å². The number of hydrogen-bond donors (Lipinski definition) is 2. The van der Waals surface area contributed by atoms with Crippen LogP contribution in [0.4, 0.5) is 0 Å². The maximum Gasteiger partial charge on any atom is 0.104 e. The summed E-state index contributed by atoms with van der Waals surface area (Å²) in [6.45, 7) is 12.2. The lowest BCUT2D eigenvalue weighted by atomic mass is 9.85. The minimum absolute atomic E-state index is 0.453. The lowest BCUT2D eigenvalue weighted by molar-refractivity contribution is -0.975. The highest BCUT2D eigenvalue weighted by atomic mass is 16.5. The third kappa shape index (κ3) is 4.00. The minimum Gasteiger partial charge on any atom is -0.364 e. The van der Waals surface area contributed by atoms with Crippen LogP contribution in [0.1, 0.15) is 59.3 Å². The number of rotatable bonds is 2. The Morgan fingerprint density at radius 1 is 0.667 bits per heavy atom. The normalized spacial score (nSPS) is 49.0. The van der Waals surface area contributed by atoms with Gasteiger partial charge in [0.15, 0.2) is 0 Å². The summed E-state index contributed by atoms with van der Waals surface area (Å²) < 4.78 is 5.91. The molecule has 2 aliphatic heterocycles. The molecule has 0 radical (unpaired) electrons.